The molecule has 110 valence electrons. The predicted octanol–water partition coefficient (Wildman–Crippen LogP) is 0.0982. The lowest BCUT2D eigenvalue weighted by atomic mass is 10.1. The Kier molecular flexibility index (Phi) is 4.73. The van der Waals surface area contributed by atoms with Crippen LogP contribution in [0.25, 0.3) is 0 Å². The molecular formula is C13H21N5O2. The fraction of sp³-hybridized carbons (Fsp3) is 0.615. The van der Waals surface area contributed by atoms with Gasteiger partial charge in [0.15, 0.2) is 0 Å². The van der Waals surface area contributed by atoms with Gasteiger partial charge in [0, 0.05) is 25.2 Å². The van der Waals surface area contributed by atoms with Crippen molar-refractivity contribution in [3.05, 3.63) is 12.4 Å². The van der Waals surface area contributed by atoms with Gasteiger partial charge in [-0.3, -0.25) is 19.6 Å². The Balaban J connectivity index is 1.83. The first-order valence-corrected chi connectivity index (χ1v) is 6.90. The fourth-order valence-electron chi connectivity index (χ4n) is 2.06. The van der Waals surface area contributed by atoms with E-state index in [-0.39, 0.29) is 17.9 Å². The molecule has 7 heteroatoms. The molecule has 1 aliphatic rings. The molecule has 1 unspecified atom stereocenters. The second-order valence-electron chi connectivity index (χ2n) is 5.25. The van der Waals surface area contributed by atoms with Crippen LogP contribution in [0, 0.1) is 0 Å². The average Bonchev–Trinajstić information content (AvgIpc) is 2.80. The summed E-state index contributed by atoms with van der Waals surface area (Å²) in [6.45, 7) is 5.81. The molecule has 0 bridgehead atoms. The van der Waals surface area contributed by atoms with E-state index >= 15 is 0 Å². The van der Waals surface area contributed by atoms with Crippen LogP contribution in [0.15, 0.2) is 12.4 Å². The van der Waals surface area contributed by atoms with Crippen LogP contribution in [0.2, 0.25) is 0 Å². The number of piperidine rings is 1. The quantitative estimate of drug-likeness (QED) is 0.643. The summed E-state index contributed by atoms with van der Waals surface area (Å²) in [7, 11) is 0. The number of rotatable bonds is 6. The van der Waals surface area contributed by atoms with Gasteiger partial charge in [-0.15, -0.1) is 0 Å². The largest absolute Gasteiger partial charge is 0.371 e. The molecule has 0 aromatic carbocycles. The number of amides is 2. The summed E-state index contributed by atoms with van der Waals surface area (Å²) in [5.74, 6) is -0.473. The Morgan fingerprint density at radius 2 is 2.30 bits per heavy atom. The number of aromatic nitrogens is 2. The Bertz CT molecular complexity index is 483. The highest BCUT2D eigenvalue weighted by atomic mass is 16.2. The first-order valence-electron chi connectivity index (χ1n) is 6.90. The molecule has 0 radical (unpaired) electrons. The van der Waals surface area contributed by atoms with E-state index in [9.17, 15) is 9.59 Å². The van der Waals surface area contributed by atoms with E-state index in [0.717, 1.165) is 18.8 Å². The summed E-state index contributed by atoms with van der Waals surface area (Å²) in [5.41, 5.74) is 0.795. The lowest BCUT2D eigenvalue weighted by molar-refractivity contribution is -0.133. The lowest BCUT2D eigenvalue weighted by Gasteiger charge is -2.21. The Morgan fingerprint density at radius 3 is 3.00 bits per heavy atom. The van der Waals surface area contributed by atoms with Gasteiger partial charge in [0.1, 0.15) is 6.04 Å². The minimum atomic E-state index is -0.362. The highest BCUT2D eigenvalue weighted by Crippen LogP contribution is 2.12. The van der Waals surface area contributed by atoms with Crippen LogP contribution >= 0.6 is 0 Å². The van der Waals surface area contributed by atoms with Gasteiger partial charge in [-0.2, -0.15) is 5.10 Å². The molecule has 2 rings (SSSR count). The van der Waals surface area contributed by atoms with Gasteiger partial charge < -0.3 is 10.6 Å². The Morgan fingerprint density at radius 1 is 1.50 bits per heavy atom. The first-order chi connectivity index (χ1) is 9.54. The molecule has 1 aromatic rings. The molecule has 1 aromatic heterocycles. The van der Waals surface area contributed by atoms with E-state index in [1.165, 1.54) is 0 Å². The maximum absolute atomic E-state index is 11.6. The topological polar surface area (TPSA) is 88.0 Å². The number of anilines is 1. The van der Waals surface area contributed by atoms with Gasteiger partial charge in [0.25, 0.3) is 0 Å². The Labute approximate surface area is 118 Å². The zero-order chi connectivity index (χ0) is 14.5. The number of carbonyl (C=O) groups is 2. The summed E-state index contributed by atoms with van der Waals surface area (Å²) in [6.07, 6.45) is 4.45. The van der Waals surface area contributed by atoms with Crippen molar-refractivity contribution < 1.29 is 9.59 Å². The SMILES string of the molecule is CC(C)NCCn1cc(NC2CCC(=O)NC2=O)cn1. The van der Waals surface area contributed by atoms with Crippen molar-refractivity contribution in [2.24, 2.45) is 0 Å². The summed E-state index contributed by atoms with van der Waals surface area (Å²) in [6, 6.07) is 0.0887. The number of hydrogen-bond donors (Lipinski definition) is 3. The van der Waals surface area contributed by atoms with E-state index in [1.54, 1.807) is 6.20 Å². The van der Waals surface area contributed by atoms with Crippen LogP contribution in [0.3, 0.4) is 0 Å². The van der Waals surface area contributed by atoms with E-state index in [1.807, 2.05) is 10.9 Å². The molecule has 0 spiro atoms. The fourth-order valence-corrected chi connectivity index (χ4v) is 2.06. The van der Waals surface area contributed by atoms with Crippen LogP contribution in [0.4, 0.5) is 5.69 Å². The van der Waals surface area contributed by atoms with Crippen molar-refractivity contribution in [2.75, 3.05) is 11.9 Å². The zero-order valence-electron chi connectivity index (χ0n) is 11.8. The minimum absolute atomic E-state index is 0.205. The van der Waals surface area contributed by atoms with Crippen LogP contribution in [0.5, 0.6) is 0 Å². The molecule has 7 nitrogen and oxygen atoms in total. The van der Waals surface area contributed by atoms with Crippen LogP contribution in [-0.2, 0) is 16.1 Å². The smallest absolute Gasteiger partial charge is 0.249 e. The third-order valence-corrected chi connectivity index (χ3v) is 3.11. The van der Waals surface area contributed by atoms with Crippen LogP contribution < -0.4 is 16.0 Å². The number of nitrogens with zero attached hydrogens (tertiary/aromatic N) is 2. The van der Waals surface area contributed by atoms with Crippen LogP contribution in [0.1, 0.15) is 26.7 Å². The van der Waals surface area contributed by atoms with Gasteiger partial charge >= 0.3 is 0 Å². The van der Waals surface area contributed by atoms with E-state index in [4.69, 9.17) is 0 Å². The van der Waals surface area contributed by atoms with Gasteiger partial charge in [0.2, 0.25) is 11.8 Å². The minimum Gasteiger partial charge on any atom is -0.371 e. The molecule has 2 heterocycles. The summed E-state index contributed by atoms with van der Waals surface area (Å²) >= 11 is 0. The number of imide groups is 1. The summed E-state index contributed by atoms with van der Waals surface area (Å²) < 4.78 is 1.82. The first kappa shape index (κ1) is 14.5. The average molecular weight is 279 g/mol. The van der Waals surface area contributed by atoms with Gasteiger partial charge in [-0.1, -0.05) is 13.8 Å². The molecule has 2 amide bonds. The molecule has 0 aliphatic carbocycles. The van der Waals surface area contributed by atoms with Crippen molar-refractivity contribution in [3.8, 4) is 0 Å². The molecule has 1 atom stereocenters. The molecule has 0 saturated carbocycles. The van der Waals surface area contributed by atoms with E-state index in [0.29, 0.717) is 18.9 Å². The molecule has 1 saturated heterocycles. The van der Waals surface area contributed by atoms with E-state index < -0.39 is 0 Å². The van der Waals surface area contributed by atoms with Crippen molar-refractivity contribution in [1.29, 1.82) is 0 Å². The molecule has 1 fully saturated rings. The number of carbonyl (C=O) groups excluding carboxylic acids is 2. The summed E-state index contributed by atoms with van der Waals surface area (Å²) in [4.78, 5) is 22.7. The predicted molar refractivity (Wildman–Crippen MR) is 75.2 cm³/mol. The van der Waals surface area contributed by atoms with Crippen LogP contribution in [-0.4, -0.2) is 40.2 Å². The third-order valence-electron chi connectivity index (χ3n) is 3.11. The maximum atomic E-state index is 11.6. The standard InChI is InChI=1S/C13H21N5O2/c1-9(2)14-5-6-18-8-10(7-15-18)16-11-3-4-12(19)17-13(11)20/h7-9,11,14,16H,3-6H2,1-2H3,(H,17,19,20). The van der Waals surface area contributed by atoms with Crippen molar-refractivity contribution in [3.63, 3.8) is 0 Å². The normalized spacial score (nSPS) is 19.2. The molecule has 1 aliphatic heterocycles. The maximum Gasteiger partial charge on any atom is 0.249 e. The van der Waals surface area contributed by atoms with Gasteiger partial charge in [-0.05, 0) is 6.42 Å². The second-order valence-corrected chi connectivity index (χ2v) is 5.25. The number of hydrogen-bond acceptors (Lipinski definition) is 5. The highest BCUT2D eigenvalue weighted by molar-refractivity contribution is 6.01. The van der Waals surface area contributed by atoms with Crippen molar-refractivity contribution in [1.82, 2.24) is 20.4 Å². The van der Waals surface area contributed by atoms with Crippen molar-refractivity contribution >= 4 is 17.5 Å². The second kappa shape index (κ2) is 6.51. The highest BCUT2D eigenvalue weighted by Gasteiger charge is 2.26. The lowest BCUT2D eigenvalue weighted by Crippen LogP contribution is -2.47. The number of nitrogens with one attached hydrogen (secondary N) is 3. The monoisotopic (exact) mass is 279 g/mol. The third kappa shape index (κ3) is 4.06. The molecular weight excluding hydrogens is 258 g/mol. The van der Waals surface area contributed by atoms with Gasteiger partial charge in [0.05, 0.1) is 18.4 Å². The zero-order valence-corrected chi connectivity index (χ0v) is 11.8. The molecule has 3 N–H and O–H groups in total. The Hall–Kier alpha value is -1.89. The summed E-state index contributed by atoms with van der Waals surface area (Å²) in [5, 5.41) is 13.0. The van der Waals surface area contributed by atoms with Gasteiger partial charge in [-0.25, -0.2) is 0 Å². The van der Waals surface area contributed by atoms with Crippen molar-refractivity contribution in [2.45, 2.75) is 45.3 Å². The molecule has 20 heavy (non-hydrogen) atoms. The van der Waals surface area contributed by atoms with E-state index in [2.05, 4.69) is 34.9 Å².